The van der Waals surface area contributed by atoms with Gasteiger partial charge in [0.15, 0.2) is 0 Å². The van der Waals surface area contributed by atoms with Crippen molar-refractivity contribution >= 4 is 34.2 Å². The van der Waals surface area contributed by atoms with Gasteiger partial charge in [0.1, 0.15) is 11.9 Å². The molecule has 0 saturated carbocycles. The van der Waals surface area contributed by atoms with E-state index in [4.69, 9.17) is 5.11 Å². The summed E-state index contributed by atoms with van der Waals surface area (Å²) in [6, 6.07) is 7.77. The van der Waals surface area contributed by atoms with E-state index >= 15 is 0 Å². The fourth-order valence-corrected chi connectivity index (χ4v) is 2.04. The summed E-state index contributed by atoms with van der Waals surface area (Å²) in [5.41, 5.74) is 1.54. The number of hydrogen-bond donors (Lipinski definition) is 2. The van der Waals surface area contributed by atoms with Gasteiger partial charge in [-0.25, -0.2) is 14.8 Å². The van der Waals surface area contributed by atoms with Gasteiger partial charge in [-0.1, -0.05) is 12.1 Å². The van der Waals surface area contributed by atoms with Crippen LogP contribution in [0.15, 0.2) is 36.8 Å². The van der Waals surface area contributed by atoms with Gasteiger partial charge >= 0.3 is 5.97 Å². The fourth-order valence-electron chi connectivity index (χ4n) is 1.46. The number of nitrogens with one attached hydrogen (secondary N) is 1. The molecule has 0 fully saturated rings. The number of carboxylic acid groups (broad SMARTS) is 1. The lowest BCUT2D eigenvalue weighted by molar-refractivity contribution is 0.0694. The first-order valence-corrected chi connectivity index (χ1v) is 6.27. The maximum atomic E-state index is 11.0. The minimum absolute atomic E-state index is 0.121. The van der Waals surface area contributed by atoms with Gasteiger partial charge < -0.3 is 10.4 Å². The molecule has 2 aromatic rings. The zero-order valence-electron chi connectivity index (χ0n) is 9.30. The first-order chi connectivity index (χ1) is 8.68. The molecular formula is C12H10IN3O2. The van der Waals surface area contributed by atoms with Crippen LogP contribution in [0.1, 0.15) is 16.1 Å². The molecule has 2 rings (SSSR count). The Labute approximate surface area is 117 Å². The van der Waals surface area contributed by atoms with Gasteiger partial charge in [-0.3, -0.25) is 0 Å². The Morgan fingerprint density at radius 1 is 1.39 bits per heavy atom. The average Bonchev–Trinajstić information content (AvgIpc) is 2.38. The highest BCUT2D eigenvalue weighted by molar-refractivity contribution is 14.1. The number of anilines is 1. The predicted molar refractivity (Wildman–Crippen MR) is 75.5 cm³/mol. The number of hydrogen-bond acceptors (Lipinski definition) is 4. The van der Waals surface area contributed by atoms with Crippen LogP contribution < -0.4 is 5.32 Å². The second kappa shape index (κ2) is 5.76. The highest BCUT2D eigenvalue weighted by Gasteiger charge is 2.11. The smallest absolute Gasteiger partial charge is 0.339 e. The topological polar surface area (TPSA) is 75.1 Å². The van der Waals surface area contributed by atoms with E-state index in [0.29, 0.717) is 12.2 Å². The largest absolute Gasteiger partial charge is 0.478 e. The van der Waals surface area contributed by atoms with E-state index in [1.165, 1.54) is 12.5 Å². The number of para-hydroxylation sites is 1. The molecule has 0 aliphatic heterocycles. The maximum absolute atomic E-state index is 11.0. The minimum Gasteiger partial charge on any atom is -0.478 e. The third kappa shape index (κ3) is 2.95. The van der Waals surface area contributed by atoms with Crippen LogP contribution in [0.25, 0.3) is 0 Å². The van der Waals surface area contributed by atoms with Crippen molar-refractivity contribution in [2.45, 2.75) is 6.54 Å². The Bertz CT molecular complexity index is 575. The SMILES string of the molecule is O=C(O)c1cncnc1CNc1ccccc1I. The van der Waals surface area contributed by atoms with Crippen molar-refractivity contribution < 1.29 is 9.90 Å². The first-order valence-electron chi connectivity index (χ1n) is 5.19. The van der Waals surface area contributed by atoms with Crippen LogP contribution in [0.4, 0.5) is 5.69 Å². The van der Waals surface area contributed by atoms with Crippen LogP contribution in [-0.4, -0.2) is 21.0 Å². The molecule has 0 atom stereocenters. The number of benzene rings is 1. The van der Waals surface area contributed by atoms with Crippen molar-refractivity contribution in [1.29, 1.82) is 0 Å². The van der Waals surface area contributed by atoms with Gasteiger partial charge in [0, 0.05) is 15.5 Å². The van der Waals surface area contributed by atoms with Crippen LogP contribution in [0.3, 0.4) is 0 Å². The Kier molecular flexibility index (Phi) is 4.08. The van der Waals surface area contributed by atoms with Crippen molar-refractivity contribution in [3.8, 4) is 0 Å². The number of rotatable bonds is 4. The lowest BCUT2D eigenvalue weighted by Crippen LogP contribution is -2.10. The molecule has 1 aromatic heterocycles. The van der Waals surface area contributed by atoms with Crippen LogP contribution in [-0.2, 0) is 6.54 Å². The molecule has 0 saturated heterocycles. The standard InChI is InChI=1S/C12H10IN3O2/c13-9-3-1-2-4-10(9)15-6-11-8(12(17)18)5-14-7-16-11/h1-5,7,15H,6H2,(H,17,18). The zero-order chi connectivity index (χ0) is 13.0. The summed E-state index contributed by atoms with van der Waals surface area (Å²) in [5, 5.41) is 12.2. The van der Waals surface area contributed by atoms with E-state index in [9.17, 15) is 4.79 Å². The fraction of sp³-hybridized carbons (Fsp3) is 0.0833. The molecule has 0 amide bonds. The third-order valence-corrected chi connectivity index (χ3v) is 3.29. The molecule has 0 aliphatic carbocycles. The predicted octanol–water partition coefficient (Wildman–Crippen LogP) is 2.39. The summed E-state index contributed by atoms with van der Waals surface area (Å²) in [4.78, 5) is 18.7. The molecule has 0 unspecified atom stereocenters. The van der Waals surface area contributed by atoms with Gasteiger partial charge in [-0.2, -0.15) is 0 Å². The monoisotopic (exact) mass is 355 g/mol. The van der Waals surface area contributed by atoms with E-state index < -0.39 is 5.97 Å². The van der Waals surface area contributed by atoms with Crippen LogP contribution in [0, 0.1) is 3.57 Å². The molecule has 1 heterocycles. The van der Waals surface area contributed by atoms with Gasteiger partial charge in [-0.15, -0.1) is 0 Å². The average molecular weight is 355 g/mol. The minimum atomic E-state index is -1.02. The van der Waals surface area contributed by atoms with E-state index in [0.717, 1.165) is 9.26 Å². The van der Waals surface area contributed by atoms with Gasteiger partial charge in [0.2, 0.25) is 0 Å². The van der Waals surface area contributed by atoms with E-state index in [2.05, 4.69) is 37.9 Å². The quantitative estimate of drug-likeness (QED) is 0.824. The second-order valence-corrected chi connectivity index (χ2v) is 4.68. The van der Waals surface area contributed by atoms with E-state index in [1.807, 2.05) is 24.3 Å². The van der Waals surface area contributed by atoms with Crippen molar-refractivity contribution in [1.82, 2.24) is 9.97 Å². The van der Waals surface area contributed by atoms with Crippen molar-refractivity contribution in [2.24, 2.45) is 0 Å². The van der Waals surface area contributed by atoms with Crippen LogP contribution in [0.2, 0.25) is 0 Å². The Morgan fingerprint density at radius 3 is 2.89 bits per heavy atom. The summed E-state index contributed by atoms with van der Waals surface area (Å²) in [5.74, 6) is -1.02. The molecule has 18 heavy (non-hydrogen) atoms. The Balaban J connectivity index is 2.16. The highest BCUT2D eigenvalue weighted by Crippen LogP contribution is 2.18. The Morgan fingerprint density at radius 2 is 2.17 bits per heavy atom. The van der Waals surface area contributed by atoms with Crippen molar-refractivity contribution in [2.75, 3.05) is 5.32 Å². The maximum Gasteiger partial charge on any atom is 0.339 e. The van der Waals surface area contributed by atoms with Crippen molar-refractivity contribution in [3.05, 3.63) is 51.6 Å². The van der Waals surface area contributed by atoms with E-state index in [-0.39, 0.29) is 5.56 Å². The number of halogens is 1. The van der Waals surface area contributed by atoms with Crippen molar-refractivity contribution in [3.63, 3.8) is 0 Å². The molecular weight excluding hydrogens is 345 g/mol. The molecule has 0 spiro atoms. The number of carboxylic acids is 1. The lowest BCUT2D eigenvalue weighted by Gasteiger charge is -2.09. The molecule has 5 nitrogen and oxygen atoms in total. The van der Waals surface area contributed by atoms with Crippen LogP contribution >= 0.6 is 22.6 Å². The Hall–Kier alpha value is -1.70. The van der Waals surface area contributed by atoms with E-state index in [1.54, 1.807) is 0 Å². The van der Waals surface area contributed by atoms with Crippen LogP contribution in [0.5, 0.6) is 0 Å². The summed E-state index contributed by atoms with van der Waals surface area (Å²) >= 11 is 2.21. The van der Waals surface area contributed by atoms with Gasteiger partial charge in [0.05, 0.1) is 12.2 Å². The first kappa shape index (κ1) is 12.7. The molecule has 2 N–H and O–H groups in total. The highest BCUT2D eigenvalue weighted by atomic mass is 127. The second-order valence-electron chi connectivity index (χ2n) is 3.52. The molecule has 1 aromatic carbocycles. The molecule has 0 radical (unpaired) electrons. The molecule has 6 heteroatoms. The van der Waals surface area contributed by atoms with Gasteiger partial charge in [0.25, 0.3) is 0 Å². The normalized spacial score (nSPS) is 10.1. The summed E-state index contributed by atoms with van der Waals surface area (Å²) in [7, 11) is 0. The summed E-state index contributed by atoms with van der Waals surface area (Å²) < 4.78 is 1.07. The summed E-state index contributed by atoms with van der Waals surface area (Å²) in [6.07, 6.45) is 2.65. The molecule has 0 aliphatic rings. The molecule has 92 valence electrons. The summed E-state index contributed by atoms with van der Waals surface area (Å²) in [6.45, 7) is 0.351. The number of aromatic nitrogens is 2. The lowest BCUT2D eigenvalue weighted by atomic mass is 10.2. The number of nitrogens with zero attached hydrogens (tertiary/aromatic N) is 2. The third-order valence-electron chi connectivity index (χ3n) is 2.35. The van der Waals surface area contributed by atoms with Gasteiger partial charge in [-0.05, 0) is 34.7 Å². The number of carbonyl (C=O) groups is 1. The number of aromatic carboxylic acids is 1. The molecule has 0 bridgehead atoms. The zero-order valence-corrected chi connectivity index (χ0v) is 11.5.